The fourth-order valence-corrected chi connectivity index (χ4v) is 3.23. The molecular weight excluding hydrogens is 382 g/mol. The summed E-state index contributed by atoms with van der Waals surface area (Å²) in [6.45, 7) is 3.83. The van der Waals surface area contributed by atoms with Crippen molar-refractivity contribution < 1.29 is 19.1 Å². The smallest absolute Gasteiger partial charge is 0.291 e. The molecule has 0 unspecified atom stereocenters. The third-order valence-corrected chi connectivity index (χ3v) is 5.00. The van der Waals surface area contributed by atoms with Gasteiger partial charge in [0, 0.05) is 17.4 Å². The Morgan fingerprint density at radius 2 is 2.00 bits per heavy atom. The van der Waals surface area contributed by atoms with Gasteiger partial charge in [0.05, 0.1) is 31.2 Å². The van der Waals surface area contributed by atoms with Crippen molar-refractivity contribution in [3.8, 4) is 0 Å². The van der Waals surface area contributed by atoms with Crippen molar-refractivity contribution in [2.75, 3.05) is 11.9 Å². The van der Waals surface area contributed by atoms with Crippen molar-refractivity contribution in [1.82, 2.24) is 9.88 Å². The molecule has 2 aromatic heterocycles. The Morgan fingerprint density at radius 1 is 1.17 bits per heavy atom. The molecule has 0 aliphatic rings. The van der Waals surface area contributed by atoms with Crippen molar-refractivity contribution in [2.45, 2.75) is 32.9 Å². The van der Waals surface area contributed by atoms with Gasteiger partial charge in [0.15, 0.2) is 5.76 Å². The lowest BCUT2D eigenvalue weighted by Gasteiger charge is -2.30. The van der Waals surface area contributed by atoms with Crippen LogP contribution in [0, 0.1) is 6.92 Å². The number of amides is 2. The number of rotatable bonds is 8. The number of carbonyl (C=O) groups excluding carboxylic acids is 2. The van der Waals surface area contributed by atoms with Crippen LogP contribution in [0.5, 0.6) is 0 Å². The van der Waals surface area contributed by atoms with Crippen molar-refractivity contribution in [3.63, 3.8) is 0 Å². The van der Waals surface area contributed by atoms with E-state index in [-0.39, 0.29) is 36.8 Å². The first kappa shape index (κ1) is 21.3. The number of furan rings is 1. The van der Waals surface area contributed by atoms with Gasteiger partial charge >= 0.3 is 0 Å². The van der Waals surface area contributed by atoms with Gasteiger partial charge in [0.25, 0.3) is 11.8 Å². The minimum absolute atomic E-state index is 0.150. The van der Waals surface area contributed by atoms with Crippen LogP contribution in [0.3, 0.4) is 0 Å². The zero-order valence-electron chi connectivity index (χ0n) is 17.0. The second kappa shape index (κ2) is 9.84. The van der Waals surface area contributed by atoms with Gasteiger partial charge in [-0.25, -0.2) is 0 Å². The summed E-state index contributed by atoms with van der Waals surface area (Å²) in [6.07, 6.45) is 3.70. The molecule has 0 saturated carbocycles. The second-order valence-electron chi connectivity index (χ2n) is 6.91. The molecule has 3 aromatic rings. The SMILES string of the molecule is CC[C@H](CO)N(Cc1ccccn1)C(=O)c1cccc(NC(=O)c2ccco2)c1C. The number of benzene rings is 1. The molecule has 0 fully saturated rings. The largest absolute Gasteiger partial charge is 0.459 e. The molecule has 0 radical (unpaired) electrons. The van der Waals surface area contributed by atoms with Crippen LogP contribution in [0.4, 0.5) is 5.69 Å². The van der Waals surface area contributed by atoms with Crippen LogP contribution < -0.4 is 5.32 Å². The number of carbonyl (C=O) groups is 2. The van der Waals surface area contributed by atoms with Gasteiger partial charge in [0.2, 0.25) is 0 Å². The zero-order chi connectivity index (χ0) is 21.5. The Morgan fingerprint density at radius 3 is 2.63 bits per heavy atom. The van der Waals surface area contributed by atoms with Gasteiger partial charge in [-0.3, -0.25) is 14.6 Å². The van der Waals surface area contributed by atoms with E-state index in [2.05, 4.69) is 10.3 Å². The molecule has 3 rings (SSSR count). The van der Waals surface area contributed by atoms with Crippen molar-refractivity contribution in [1.29, 1.82) is 0 Å². The highest BCUT2D eigenvalue weighted by atomic mass is 16.3. The lowest BCUT2D eigenvalue weighted by molar-refractivity contribution is 0.0559. The Bertz CT molecular complexity index is 983. The van der Waals surface area contributed by atoms with Crippen LogP contribution in [0.2, 0.25) is 0 Å². The van der Waals surface area contributed by atoms with Crippen molar-refractivity contribution in [3.05, 3.63) is 83.6 Å². The third kappa shape index (κ3) is 4.75. The molecule has 1 atom stereocenters. The average molecular weight is 407 g/mol. The number of pyridine rings is 1. The predicted molar refractivity (Wildman–Crippen MR) is 113 cm³/mol. The van der Waals surface area contributed by atoms with E-state index >= 15 is 0 Å². The summed E-state index contributed by atoms with van der Waals surface area (Å²) in [5.41, 5.74) is 2.35. The van der Waals surface area contributed by atoms with Crippen LogP contribution in [0.1, 0.15) is 45.5 Å². The van der Waals surface area contributed by atoms with E-state index in [4.69, 9.17) is 4.42 Å². The summed E-state index contributed by atoms with van der Waals surface area (Å²) in [5, 5.41) is 12.6. The molecule has 156 valence electrons. The number of nitrogens with one attached hydrogen (secondary N) is 1. The maximum Gasteiger partial charge on any atom is 0.291 e. The number of aromatic nitrogens is 1. The van der Waals surface area contributed by atoms with E-state index in [9.17, 15) is 14.7 Å². The van der Waals surface area contributed by atoms with Crippen LogP contribution in [-0.2, 0) is 6.54 Å². The molecule has 0 aliphatic carbocycles. The van der Waals surface area contributed by atoms with E-state index in [0.29, 0.717) is 23.2 Å². The van der Waals surface area contributed by atoms with Crippen LogP contribution in [-0.4, -0.2) is 39.5 Å². The topological polar surface area (TPSA) is 95.7 Å². The Kier molecular flexibility index (Phi) is 6.98. The summed E-state index contributed by atoms with van der Waals surface area (Å²) in [7, 11) is 0. The van der Waals surface area contributed by atoms with Gasteiger partial charge in [-0.15, -0.1) is 0 Å². The lowest BCUT2D eigenvalue weighted by Crippen LogP contribution is -2.42. The maximum absolute atomic E-state index is 13.5. The molecule has 7 heteroatoms. The molecule has 2 N–H and O–H groups in total. The number of nitrogens with zero attached hydrogens (tertiary/aromatic N) is 2. The molecule has 0 bridgehead atoms. The molecule has 0 saturated heterocycles. The number of aliphatic hydroxyl groups excluding tert-OH is 1. The van der Waals surface area contributed by atoms with Crippen molar-refractivity contribution >= 4 is 17.5 Å². The molecular formula is C23H25N3O4. The van der Waals surface area contributed by atoms with Gasteiger partial charge in [-0.2, -0.15) is 0 Å². The summed E-state index contributed by atoms with van der Waals surface area (Å²) in [6, 6.07) is 13.6. The Labute approximate surface area is 175 Å². The monoisotopic (exact) mass is 407 g/mol. The fraction of sp³-hybridized carbons (Fsp3) is 0.261. The average Bonchev–Trinajstić information content (AvgIpc) is 3.31. The summed E-state index contributed by atoms with van der Waals surface area (Å²) in [4.78, 5) is 31.7. The standard InChI is InChI=1S/C23H25N3O4/c1-3-18(15-27)26(14-17-8-4-5-12-24-17)23(29)19-9-6-10-20(16(19)2)25-22(28)21-11-7-13-30-21/h4-13,18,27H,3,14-15H2,1-2H3,(H,25,28)/t18-/m1/s1. The van der Waals surface area contributed by atoms with Crippen LogP contribution >= 0.6 is 0 Å². The molecule has 2 heterocycles. The molecule has 0 spiro atoms. The minimum atomic E-state index is -0.389. The molecule has 1 aromatic carbocycles. The number of anilines is 1. The van der Waals surface area contributed by atoms with Gasteiger partial charge in [-0.1, -0.05) is 19.1 Å². The Hall–Kier alpha value is -3.45. The number of aliphatic hydroxyl groups is 1. The lowest BCUT2D eigenvalue weighted by atomic mass is 10.0. The molecule has 2 amide bonds. The molecule has 30 heavy (non-hydrogen) atoms. The van der Waals surface area contributed by atoms with Crippen molar-refractivity contribution in [2.24, 2.45) is 0 Å². The zero-order valence-corrected chi connectivity index (χ0v) is 17.0. The third-order valence-electron chi connectivity index (χ3n) is 5.00. The number of hydrogen-bond donors (Lipinski definition) is 2. The summed E-state index contributed by atoms with van der Waals surface area (Å²) >= 11 is 0. The minimum Gasteiger partial charge on any atom is -0.459 e. The van der Waals surface area contributed by atoms with Crippen LogP contribution in [0.15, 0.2) is 65.4 Å². The molecule has 7 nitrogen and oxygen atoms in total. The molecule has 0 aliphatic heterocycles. The van der Waals surface area contributed by atoms with Gasteiger partial charge in [0.1, 0.15) is 0 Å². The van der Waals surface area contributed by atoms with E-state index in [0.717, 1.165) is 5.69 Å². The quantitative estimate of drug-likeness (QED) is 0.594. The maximum atomic E-state index is 13.5. The van der Waals surface area contributed by atoms with Crippen LogP contribution in [0.25, 0.3) is 0 Å². The Balaban J connectivity index is 1.89. The predicted octanol–water partition coefficient (Wildman–Crippen LogP) is 3.65. The number of hydrogen-bond acceptors (Lipinski definition) is 5. The first-order valence-corrected chi connectivity index (χ1v) is 9.81. The second-order valence-corrected chi connectivity index (χ2v) is 6.91. The van der Waals surface area contributed by atoms with E-state index in [1.807, 2.05) is 25.1 Å². The summed E-state index contributed by atoms with van der Waals surface area (Å²) in [5.74, 6) is -0.429. The van der Waals surface area contributed by atoms with Gasteiger partial charge in [-0.05, 0) is 55.3 Å². The van der Waals surface area contributed by atoms with E-state index in [1.165, 1.54) is 6.26 Å². The normalized spacial score (nSPS) is 11.7. The highest BCUT2D eigenvalue weighted by Gasteiger charge is 2.26. The van der Waals surface area contributed by atoms with E-state index in [1.54, 1.807) is 48.4 Å². The first-order valence-electron chi connectivity index (χ1n) is 9.81. The van der Waals surface area contributed by atoms with E-state index < -0.39 is 0 Å². The fourth-order valence-electron chi connectivity index (χ4n) is 3.23. The summed E-state index contributed by atoms with van der Waals surface area (Å²) < 4.78 is 5.13. The van der Waals surface area contributed by atoms with Gasteiger partial charge < -0.3 is 19.7 Å². The highest BCUT2D eigenvalue weighted by molar-refractivity contribution is 6.04. The highest BCUT2D eigenvalue weighted by Crippen LogP contribution is 2.23. The first-order chi connectivity index (χ1) is 14.5.